The summed E-state index contributed by atoms with van der Waals surface area (Å²) in [6.45, 7) is 2.60. The van der Waals surface area contributed by atoms with E-state index in [1.807, 2.05) is 0 Å². The average molecular weight is 649 g/mol. The van der Waals surface area contributed by atoms with Crippen molar-refractivity contribution in [2.75, 3.05) is 37.7 Å². The monoisotopic (exact) mass is 648 g/mol. The van der Waals surface area contributed by atoms with Crippen LogP contribution >= 0.6 is 0 Å². The maximum Gasteiger partial charge on any atom is 0.270 e. The maximum absolute atomic E-state index is 14.1. The number of hydrogen-bond donors (Lipinski definition) is 1. The number of benzene rings is 3. The van der Waals surface area contributed by atoms with E-state index in [0.717, 1.165) is 11.8 Å². The Morgan fingerprint density at radius 2 is 1.72 bits per heavy atom. The van der Waals surface area contributed by atoms with Crippen molar-refractivity contribution in [2.45, 2.75) is 25.7 Å². The lowest BCUT2D eigenvalue weighted by Gasteiger charge is -2.35. The summed E-state index contributed by atoms with van der Waals surface area (Å²) in [7, 11) is 1.02. The van der Waals surface area contributed by atoms with Gasteiger partial charge < -0.3 is 19.2 Å². The number of anilines is 1. The highest BCUT2D eigenvalue weighted by atomic mass is 32.2. The van der Waals surface area contributed by atoms with Crippen molar-refractivity contribution in [1.82, 2.24) is 14.8 Å². The van der Waals surface area contributed by atoms with Gasteiger partial charge in [0.2, 0.25) is 10.0 Å². The van der Waals surface area contributed by atoms with Gasteiger partial charge in [-0.2, -0.15) is 0 Å². The number of rotatable bonds is 6. The first kappa shape index (κ1) is 31.3. The highest BCUT2D eigenvalue weighted by Crippen LogP contribution is 2.42. The molecule has 1 saturated heterocycles. The molecule has 1 fully saturated rings. The van der Waals surface area contributed by atoms with Crippen LogP contribution in [-0.4, -0.2) is 63.1 Å². The number of fused-ring (bicyclic) bond motifs is 2. The molecule has 2 aromatic heterocycles. The second-order valence-electron chi connectivity index (χ2n) is 11.8. The molecule has 1 N–H and O–H groups in total. The topological polar surface area (TPSA) is 105 Å². The highest BCUT2D eigenvalue weighted by Gasteiger charge is 2.33. The van der Waals surface area contributed by atoms with Crippen LogP contribution in [0.25, 0.3) is 33.2 Å². The van der Waals surface area contributed by atoms with E-state index in [1.54, 1.807) is 41.6 Å². The zero-order valence-corrected chi connectivity index (χ0v) is 27.0. The number of piperidine rings is 1. The molecular weight excluding hydrogens is 614 g/mol. The van der Waals surface area contributed by atoms with E-state index < -0.39 is 21.7 Å². The van der Waals surface area contributed by atoms with Crippen LogP contribution in [0.1, 0.15) is 50.7 Å². The normalized spacial score (nSPS) is 15.5. The van der Waals surface area contributed by atoms with Crippen LogP contribution in [0.2, 0.25) is 0 Å². The quantitative estimate of drug-likeness (QED) is 0.245. The van der Waals surface area contributed by atoms with Crippen molar-refractivity contribution in [3.8, 4) is 11.3 Å². The standard InChI is InChI=1S/C34H34F2N4O5S/c1-19-24-15-23(36)12-13-27(24)38(3)31(19)34(42)40-14-6-7-21(18-40)25-16-26-29(17-28(25)39(4)46(5,43)44)45-32(30(26)33(41)37-2)20-8-10-22(35)11-9-20/h8-13,15-17,21H,6-7,14,18H2,1-5H3,(H,37,41)/t21-/m0/s1. The van der Waals surface area contributed by atoms with Crippen LogP contribution in [-0.2, 0) is 17.1 Å². The molecule has 5 aromatic rings. The molecular formula is C34H34F2N4O5S. The molecule has 0 radical (unpaired) electrons. The summed E-state index contributed by atoms with van der Waals surface area (Å²) < 4.78 is 62.6. The molecule has 1 aliphatic heterocycles. The lowest BCUT2D eigenvalue weighted by molar-refractivity contribution is 0.0697. The number of sulfonamides is 1. The zero-order valence-electron chi connectivity index (χ0n) is 26.1. The number of furan rings is 1. The van der Waals surface area contributed by atoms with Gasteiger partial charge in [0, 0.05) is 68.1 Å². The Morgan fingerprint density at radius 1 is 1.02 bits per heavy atom. The number of amides is 2. The first-order chi connectivity index (χ1) is 21.8. The summed E-state index contributed by atoms with van der Waals surface area (Å²) in [4.78, 5) is 29.0. The van der Waals surface area contributed by atoms with Crippen LogP contribution in [0, 0.1) is 18.6 Å². The predicted octanol–water partition coefficient (Wildman–Crippen LogP) is 5.95. The summed E-state index contributed by atoms with van der Waals surface area (Å²) >= 11 is 0. The molecule has 240 valence electrons. The van der Waals surface area contributed by atoms with Crippen LogP contribution in [0.4, 0.5) is 14.5 Å². The van der Waals surface area contributed by atoms with E-state index in [0.29, 0.717) is 64.8 Å². The van der Waals surface area contributed by atoms with Crippen LogP contribution < -0.4 is 9.62 Å². The summed E-state index contributed by atoms with van der Waals surface area (Å²) in [5.41, 5.74) is 3.91. The third kappa shape index (κ3) is 5.30. The van der Waals surface area contributed by atoms with Gasteiger partial charge in [-0.1, -0.05) is 0 Å². The molecule has 2 amide bonds. The van der Waals surface area contributed by atoms with Gasteiger partial charge in [0.25, 0.3) is 11.8 Å². The maximum atomic E-state index is 14.1. The molecule has 0 spiro atoms. The van der Waals surface area contributed by atoms with Gasteiger partial charge in [-0.3, -0.25) is 13.9 Å². The third-order valence-electron chi connectivity index (χ3n) is 9.00. The number of carbonyl (C=O) groups excluding carboxylic acids is 2. The van der Waals surface area contributed by atoms with Gasteiger partial charge in [0.15, 0.2) is 0 Å². The van der Waals surface area contributed by atoms with Gasteiger partial charge in [-0.25, -0.2) is 17.2 Å². The van der Waals surface area contributed by atoms with E-state index >= 15 is 0 Å². The number of aromatic nitrogens is 1. The van der Waals surface area contributed by atoms with Crippen LogP contribution in [0.3, 0.4) is 0 Å². The number of hydrogen-bond acceptors (Lipinski definition) is 5. The molecule has 0 saturated carbocycles. The lowest BCUT2D eigenvalue weighted by Crippen LogP contribution is -2.40. The largest absolute Gasteiger partial charge is 0.455 e. The van der Waals surface area contributed by atoms with E-state index in [2.05, 4.69) is 5.32 Å². The minimum Gasteiger partial charge on any atom is -0.455 e. The Balaban J connectivity index is 1.48. The van der Waals surface area contributed by atoms with Crippen molar-refractivity contribution >= 4 is 49.4 Å². The minimum atomic E-state index is -3.71. The Kier molecular flexibility index (Phi) is 7.87. The van der Waals surface area contributed by atoms with Gasteiger partial charge in [0.1, 0.15) is 28.7 Å². The van der Waals surface area contributed by atoms with Gasteiger partial charge in [-0.15, -0.1) is 0 Å². The van der Waals surface area contributed by atoms with Crippen LogP contribution in [0.15, 0.2) is 59.0 Å². The number of aryl methyl sites for hydroxylation is 2. The van der Waals surface area contributed by atoms with Crippen molar-refractivity contribution in [2.24, 2.45) is 7.05 Å². The Morgan fingerprint density at radius 3 is 2.39 bits per heavy atom. The first-order valence-electron chi connectivity index (χ1n) is 14.9. The number of halogens is 2. The van der Waals surface area contributed by atoms with E-state index in [9.17, 15) is 26.8 Å². The van der Waals surface area contributed by atoms with Gasteiger partial charge in [0.05, 0.1) is 17.5 Å². The zero-order chi connectivity index (χ0) is 33.1. The Bertz CT molecular complexity index is 2140. The van der Waals surface area contributed by atoms with Gasteiger partial charge in [-0.05, 0) is 79.4 Å². The number of nitrogens with one attached hydrogen (secondary N) is 1. The number of likely N-dealkylation sites (tertiary alicyclic amines) is 1. The molecule has 3 heterocycles. The van der Waals surface area contributed by atoms with E-state index in [-0.39, 0.29) is 34.5 Å². The Hall–Kier alpha value is -4.71. The molecule has 1 aliphatic rings. The van der Waals surface area contributed by atoms with E-state index in [4.69, 9.17) is 4.42 Å². The molecule has 0 aliphatic carbocycles. The van der Waals surface area contributed by atoms with Crippen molar-refractivity contribution in [3.05, 3.63) is 88.6 Å². The molecule has 12 heteroatoms. The molecule has 46 heavy (non-hydrogen) atoms. The third-order valence-corrected chi connectivity index (χ3v) is 10.2. The smallest absolute Gasteiger partial charge is 0.270 e. The van der Waals surface area contributed by atoms with Crippen molar-refractivity contribution in [1.29, 1.82) is 0 Å². The summed E-state index contributed by atoms with van der Waals surface area (Å²) in [5, 5.41) is 3.78. The fraction of sp³-hybridized carbons (Fsp3) is 0.294. The number of nitrogens with zero attached hydrogens (tertiary/aromatic N) is 3. The van der Waals surface area contributed by atoms with Gasteiger partial charge >= 0.3 is 0 Å². The van der Waals surface area contributed by atoms with E-state index in [1.165, 1.54) is 54.8 Å². The molecule has 9 nitrogen and oxygen atoms in total. The first-order valence-corrected chi connectivity index (χ1v) is 16.7. The summed E-state index contributed by atoms with van der Waals surface area (Å²) in [5.74, 6) is -1.50. The lowest BCUT2D eigenvalue weighted by atomic mass is 9.88. The SMILES string of the molecule is CNC(=O)c1c(-c2ccc(F)cc2)oc2cc(N(C)S(C)(=O)=O)c([C@H]3CCCN(C(=O)c4c(C)c5cc(F)ccc5n4C)C3)cc12. The fourth-order valence-electron chi connectivity index (χ4n) is 6.55. The average Bonchev–Trinajstić information content (AvgIpc) is 3.52. The number of carbonyl (C=O) groups is 2. The fourth-order valence-corrected chi connectivity index (χ4v) is 7.07. The summed E-state index contributed by atoms with van der Waals surface area (Å²) in [6.07, 6.45) is 2.42. The molecule has 1 atom stereocenters. The minimum absolute atomic E-state index is 0.201. The molecule has 0 bridgehead atoms. The molecule has 0 unspecified atom stereocenters. The second-order valence-corrected chi connectivity index (χ2v) is 13.8. The van der Waals surface area contributed by atoms with Crippen LogP contribution in [0.5, 0.6) is 0 Å². The highest BCUT2D eigenvalue weighted by molar-refractivity contribution is 7.92. The second kappa shape index (κ2) is 11.6. The Labute approximate surface area is 265 Å². The predicted molar refractivity (Wildman–Crippen MR) is 174 cm³/mol. The summed E-state index contributed by atoms with van der Waals surface area (Å²) in [6, 6.07) is 13.4. The molecule has 6 rings (SSSR count). The van der Waals surface area contributed by atoms with Crippen molar-refractivity contribution < 1.29 is 31.2 Å². The van der Waals surface area contributed by atoms with Crippen molar-refractivity contribution in [3.63, 3.8) is 0 Å². The molecule has 3 aromatic carbocycles.